The van der Waals surface area contributed by atoms with E-state index in [0.29, 0.717) is 0 Å². The Balaban J connectivity index is 1.97. The normalized spacial score (nSPS) is 11.3. The fourth-order valence-corrected chi connectivity index (χ4v) is 3.13. The summed E-state index contributed by atoms with van der Waals surface area (Å²) in [5.41, 5.74) is 6.42. The van der Waals surface area contributed by atoms with Crippen molar-refractivity contribution in [2.75, 3.05) is 0 Å². The van der Waals surface area contributed by atoms with Gasteiger partial charge in [-0.15, -0.1) is 0 Å². The predicted octanol–water partition coefficient (Wildman–Crippen LogP) is 5.55. The molecule has 1 aromatic heterocycles. The Morgan fingerprint density at radius 2 is 1.52 bits per heavy atom. The summed E-state index contributed by atoms with van der Waals surface area (Å²) in [5, 5.41) is 2.59. The van der Waals surface area contributed by atoms with Crippen LogP contribution in [0.2, 0.25) is 0 Å². The van der Waals surface area contributed by atoms with Crippen molar-refractivity contribution >= 4 is 21.8 Å². The van der Waals surface area contributed by atoms with Gasteiger partial charge in [-0.05, 0) is 35.2 Å². The summed E-state index contributed by atoms with van der Waals surface area (Å²) in [6.45, 7) is 2.21. The van der Waals surface area contributed by atoms with Crippen molar-refractivity contribution in [3.05, 3.63) is 72.3 Å². The Morgan fingerprint density at radius 1 is 0.762 bits per heavy atom. The highest BCUT2D eigenvalue weighted by atomic mass is 14.7. The molecule has 0 unspecified atom stereocenters. The number of fused-ring (bicyclic) bond motifs is 3. The lowest BCUT2D eigenvalue weighted by molar-refractivity contribution is 1.14. The van der Waals surface area contributed by atoms with Gasteiger partial charge in [-0.25, -0.2) is 0 Å². The first-order valence-corrected chi connectivity index (χ1v) is 7.45. The fraction of sp³-hybridized carbons (Fsp3) is 0.100. The van der Waals surface area contributed by atoms with Gasteiger partial charge in [0.15, 0.2) is 0 Å². The van der Waals surface area contributed by atoms with Crippen LogP contribution in [0.3, 0.4) is 0 Å². The van der Waals surface area contributed by atoms with E-state index in [2.05, 4.69) is 78.6 Å². The van der Waals surface area contributed by atoms with Crippen LogP contribution in [0, 0.1) is 0 Å². The third-order valence-corrected chi connectivity index (χ3v) is 4.22. The molecule has 102 valence electrons. The molecule has 0 aliphatic rings. The van der Waals surface area contributed by atoms with E-state index in [1.165, 1.54) is 38.5 Å². The van der Waals surface area contributed by atoms with Gasteiger partial charge in [-0.1, -0.05) is 61.5 Å². The maximum atomic E-state index is 3.53. The minimum Gasteiger partial charge on any atom is -0.354 e. The van der Waals surface area contributed by atoms with E-state index in [4.69, 9.17) is 0 Å². The van der Waals surface area contributed by atoms with Crippen LogP contribution >= 0.6 is 0 Å². The minimum absolute atomic E-state index is 1.06. The number of aromatic nitrogens is 1. The highest BCUT2D eigenvalue weighted by Crippen LogP contribution is 2.31. The summed E-state index contributed by atoms with van der Waals surface area (Å²) in [6.07, 6.45) is 1.06. The molecule has 1 N–H and O–H groups in total. The number of hydrogen-bond acceptors (Lipinski definition) is 0. The second-order valence-electron chi connectivity index (χ2n) is 5.44. The van der Waals surface area contributed by atoms with Crippen LogP contribution in [-0.2, 0) is 6.42 Å². The summed E-state index contributed by atoms with van der Waals surface area (Å²) in [6, 6.07) is 23.9. The first-order valence-electron chi connectivity index (χ1n) is 7.45. The molecule has 4 rings (SSSR count). The van der Waals surface area contributed by atoms with Crippen molar-refractivity contribution in [3.63, 3.8) is 0 Å². The molecule has 0 saturated heterocycles. The second-order valence-corrected chi connectivity index (χ2v) is 5.44. The molecule has 0 aliphatic carbocycles. The molecule has 21 heavy (non-hydrogen) atoms. The highest BCUT2D eigenvalue weighted by molar-refractivity contribution is 6.08. The topological polar surface area (TPSA) is 15.8 Å². The molecule has 4 aromatic rings. The van der Waals surface area contributed by atoms with Crippen LogP contribution in [0.4, 0.5) is 0 Å². The number of rotatable bonds is 2. The first-order chi connectivity index (χ1) is 10.4. The first kappa shape index (κ1) is 12.2. The SMILES string of the molecule is CCc1ccccc1-c1ccc2c(c1)[nH]c1ccccc12. The Bertz CT molecular complexity index is 931. The molecule has 1 heterocycles. The van der Waals surface area contributed by atoms with Gasteiger partial charge >= 0.3 is 0 Å². The smallest absolute Gasteiger partial charge is 0.0471 e. The lowest BCUT2D eigenvalue weighted by Crippen LogP contribution is -1.86. The molecule has 0 amide bonds. The molecule has 0 saturated carbocycles. The lowest BCUT2D eigenvalue weighted by Gasteiger charge is -2.08. The van der Waals surface area contributed by atoms with Gasteiger partial charge in [0.1, 0.15) is 0 Å². The van der Waals surface area contributed by atoms with Gasteiger partial charge in [0.25, 0.3) is 0 Å². The highest BCUT2D eigenvalue weighted by Gasteiger charge is 2.07. The maximum absolute atomic E-state index is 3.53. The molecule has 0 atom stereocenters. The molecule has 3 aromatic carbocycles. The molecule has 0 aliphatic heterocycles. The minimum atomic E-state index is 1.06. The predicted molar refractivity (Wildman–Crippen MR) is 90.6 cm³/mol. The van der Waals surface area contributed by atoms with Crippen LogP contribution in [0.15, 0.2) is 66.7 Å². The average molecular weight is 271 g/mol. The standard InChI is InChI=1S/C20H17N/c1-2-14-7-3-4-8-16(14)15-11-12-18-17-9-5-6-10-19(17)21-20(18)13-15/h3-13,21H,2H2,1H3. The van der Waals surface area contributed by atoms with Crippen molar-refractivity contribution in [1.29, 1.82) is 0 Å². The van der Waals surface area contributed by atoms with Crippen LogP contribution in [0.1, 0.15) is 12.5 Å². The monoisotopic (exact) mass is 271 g/mol. The maximum Gasteiger partial charge on any atom is 0.0471 e. The van der Waals surface area contributed by atoms with Crippen molar-refractivity contribution in [3.8, 4) is 11.1 Å². The molecule has 0 fully saturated rings. The Labute approximate surface area is 124 Å². The van der Waals surface area contributed by atoms with Crippen LogP contribution in [0.25, 0.3) is 32.9 Å². The quantitative estimate of drug-likeness (QED) is 0.492. The van der Waals surface area contributed by atoms with Gasteiger partial charge < -0.3 is 4.98 Å². The Morgan fingerprint density at radius 3 is 2.43 bits per heavy atom. The van der Waals surface area contributed by atoms with E-state index in [9.17, 15) is 0 Å². The van der Waals surface area contributed by atoms with Crippen LogP contribution in [-0.4, -0.2) is 4.98 Å². The molecule has 0 radical (unpaired) electrons. The summed E-state index contributed by atoms with van der Waals surface area (Å²) >= 11 is 0. The molecule has 1 nitrogen and oxygen atoms in total. The molecule has 0 spiro atoms. The molecular formula is C20H17N. The zero-order chi connectivity index (χ0) is 14.2. The number of aromatic amines is 1. The van der Waals surface area contributed by atoms with Crippen molar-refractivity contribution in [1.82, 2.24) is 4.98 Å². The largest absolute Gasteiger partial charge is 0.354 e. The number of benzene rings is 3. The number of hydrogen-bond donors (Lipinski definition) is 1. The fourth-order valence-electron chi connectivity index (χ4n) is 3.13. The average Bonchev–Trinajstić information content (AvgIpc) is 2.92. The number of H-pyrrole nitrogens is 1. The third-order valence-electron chi connectivity index (χ3n) is 4.22. The second kappa shape index (κ2) is 4.78. The summed E-state index contributed by atoms with van der Waals surface area (Å²) in [4.78, 5) is 3.53. The number of para-hydroxylation sites is 1. The van der Waals surface area contributed by atoms with Gasteiger partial charge in [0.2, 0.25) is 0 Å². The van der Waals surface area contributed by atoms with E-state index in [-0.39, 0.29) is 0 Å². The summed E-state index contributed by atoms with van der Waals surface area (Å²) in [7, 11) is 0. The lowest BCUT2D eigenvalue weighted by atomic mass is 9.97. The molecule has 0 bridgehead atoms. The van der Waals surface area contributed by atoms with E-state index in [0.717, 1.165) is 6.42 Å². The van der Waals surface area contributed by atoms with Crippen molar-refractivity contribution in [2.45, 2.75) is 13.3 Å². The van der Waals surface area contributed by atoms with E-state index in [1.807, 2.05) is 0 Å². The zero-order valence-electron chi connectivity index (χ0n) is 12.1. The Hall–Kier alpha value is -2.54. The summed E-state index contributed by atoms with van der Waals surface area (Å²) in [5.74, 6) is 0. The van der Waals surface area contributed by atoms with E-state index < -0.39 is 0 Å². The third kappa shape index (κ3) is 1.93. The van der Waals surface area contributed by atoms with Gasteiger partial charge in [-0.3, -0.25) is 0 Å². The van der Waals surface area contributed by atoms with E-state index >= 15 is 0 Å². The van der Waals surface area contributed by atoms with Gasteiger partial charge in [0.05, 0.1) is 0 Å². The van der Waals surface area contributed by atoms with Crippen LogP contribution < -0.4 is 0 Å². The summed E-state index contributed by atoms with van der Waals surface area (Å²) < 4.78 is 0. The number of nitrogens with one attached hydrogen (secondary N) is 1. The van der Waals surface area contributed by atoms with E-state index in [1.54, 1.807) is 0 Å². The molecule has 1 heteroatoms. The van der Waals surface area contributed by atoms with Crippen molar-refractivity contribution in [2.24, 2.45) is 0 Å². The Kier molecular flexibility index (Phi) is 2.78. The zero-order valence-corrected chi connectivity index (χ0v) is 12.1. The van der Waals surface area contributed by atoms with Gasteiger partial charge in [0, 0.05) is 21.8 Å². The van der Waals surface area contributed by atoms with Crippen LogP contribution in [0.5, 0.6) is 0 Å². The molecular weight excluding hydrogens is 254 g/mol. The number of aryl methyl sites for hydroxylation is 1. The van der Waals surface area contributed by atoms with Crippen molar-refractivity contribution < 1.29 is 0 Å². The van der Waals surface area contributed by atoms with Gasteiger partial charge in [-0.2, -0.15) is 0 Å².